The van der Waals surface area contributed by atoms with Crippen molar-refractivity contribution >= 4 is 17.0 Å². The van der Waals surface area contributed by atoms with Crippen LogP contribution in [0.5, 0.6) is 0 Å². The van der Waals surface area contributed by atoms with E-state index in [2.05, 4.69) is 25.8 Å². The Kier molecular flexibility index (Phi) is 3.06. The molecule has 1 aromatic heterocycles. The molecule has 0 atom stereocenters. The largest absolute Gasteiger partial charge is 0.478 e. The highest BCUT2D eigenvalue weighted by Crippen LogP contribution is 2.39. The third-order valence-electron chi connectivity index (χ3n) is 4.06. The quantitative estimate of drug-likeness (QED) is 0.891. The van der Waals surface area contributed by atoms with E-state index in [9.17, 15) is 15.0 Å². The van der Waals surface area contributed by atoms with Crippen LogP contribution < -0.4 is 0 Å². The summed E-state index contributed by atoms with van der Waals surface area (Å²) >= 11 is 0. The molecular weight excluding hydrogens is 268 g/mol. The average molecular weight is 288 g/mol. The van der Waals surface area contributed by atoms with Gasteiger partial charge in [-0.3, -0.25) is 0 Å². The average Bonchev–Trinajstić information content (AvgIpc) is 2.73. The maximum atomic E-state index is 11.5. The van der Waals surface area contributed by atoms with Crippen molar-refractivity contribution in [3.63, 3.8) is 0 Å². The second-order valence-electron chi connectivity index (χ2n) is 6.81. The predicted octanol–water partition coefficient (Wildman–Crippen LogP) is 2.73. The van der Waals surface area contributed by atoms with E-state index in [1.54, 1.807) is 12.1 Å². The number of hydrogen-bond donors (Lipinski definition) is 2. The molecule has 1 aliphatic carbocycles. The van der Waals surface area contributed by atoms with E-state index in [0.29, 0.717) is 23.9 Å². The number of carboxylic acids is 1. The van der Waals surface area contributed by atoms with E-state index in [-0.39, 0.29) is 23.1 Å². The van der Waals surface area contributed by atoms with Gasteiger partial charge in [0.2, 0.25) is 0 Å². The first kappa shape index (κ1) is 14.1. The maximum absolute atomic E-state index is 11.5. The fraction of sp³-hybridized carbons (Fsp3) is 0.500. The molecule has 2 N–H and O–H groups in total. The molecule has 112 valence electrons. The van der Waals surface area contributed by atoms with Crippen molar-refractivity contribution in [2.24, 2.45) is 0 Å². The summed E-state index contributed by atoms with van der Waals surface area (Å²) in [5.74, 6) is -0.0646. The molecule has 0 aliphatic heterocycles. The van der Waals surface area contributed by atoms with Crippen LogP contribution in [0.15, 0.2) is 18.2 Å². The molecule has 0 bridgehead atoms. The van der Waals surface area contributed by atoms with Gasteiger partial charge < -0.3 is 14.8 Å². The Balaban J connectivity index is 2.30. The van der Waals surface area contributed by atoms with Crippen LogP contribution >= 0.6 is 0 Å². The van der Waals surface area contributed by atoms with Crippen molar-refractivity contribution in [3.8, 4) is 0 Å². The lowest BCUT2D eigenvalue weighted by Gasteiger charge is -2.36. The number of aliphatic hydroxyl groups excluding tert-OH is 1. The summed E-state index contributed by atoms with van der Waals surface area (Å²) in [5, 5.41) is 19.1. The summed E-state index contributed by atoms with van der Waals surface area (Å²) in [6.07, 6.45) is 1.02. The SMILES string of the molecule is CC(C)(C)c1nc2cccc(C(=O)O)c2n1C1CC(O)C1. The highest BCUT2D eigenvalue weighted by Gasteiger charge is 2.35. The fourth-order valence-corrected chi connectivity index (χ4v) is 2.98. The topological polar surface area (TPSA) is 75.3 Å². The monoisotopic (exact) mass is 288 g/mol. The number of nitrogens with zero attached hydrogens (tertiary/aromatic N) is 2. The van der Waals surface area contributed by atoms with Crippen molar-refractivity contribution in [3.05, 3.63) is 29.6 Å². The van der Waals surface area contributed by atoms with Gasteiger partial charge in [-0.05, 0) is 25.0 Å². The number of benzene rings is 1. The standard InChI is InChI=1S/C16H20N2O3/c1-16(2,3)15-17-12-6-4-5-11(14(20)21)13(12)18(15)9-7-10(19)8-9/h4-6,9-10,19H,7-8H2,1-3H3,(H,20,21). The number of carboxylic acid groups (broad SMARTS) is 1. The van der Waals surface area contributed by atoms with E-state index in [4.69, 9.17) is 0 Å². The zero-order chi connectivity index (χ0) is 15.4. The number of rotatable bonds is 2. The number of aromatic carboxylic acids is 1. The van der Waals surface area contributed by atoms with E-state index in [1.165, 1.54) is 0 Å². The van der Waals surface area contributed by atoms with E-state index in [1.807, 2.05) is 10.6 Å². The van der Waals surface area contributed by atoms with Crippen molar-refractivity contribution in [1.82, 2.24) is 9.55 Å². The summed E-state index contributed by atoms with van der Waals surface area (Å²) in [6, 6.07) is 5.32. The van der Waals surface area contributed by atoms with Gasteiger partial charge in [-0.1, -0.05) is 26.8 Å². The molecule has 0 radical (unpaired) electrons. The Bertz CT molecular complexity index is 706. The molecule has 1 aromatic carbocycles. The van der Waals surface area contributed by atoms with E-state index >= 15 is 0 Å². The Hall–Kier alpha value is -1.88. The number of fused-ring (bicyclic) bond motifs is 1. The molecule has 0 unspecified atom stereocenters. The number of aromatic nitrogens is 2. The Morgan fingerprint density at radius 1 is 1.33 bits per heavy atom. The van der Waals surface area contributed by atoms with Crippen molar-refractivity contribution in [2.75, 3.05) is 0 Å². The predicted molar refractivity (Wildman–Crippen MR) is 79.7 cm³/mol. The minimum atomic E-state index is -0.943. The van der Waals surface area contributed by atoms with Gasteiger partial charge in [0.05, 0.1) is 22.7 Å². The van der Waals surface area contributed by atoms with E-state index in [0.717, 1.165) is 5.82 Å². The molecule has 0 spiro atoms. The van der Waals surface area contributed by atoms with Crippen LogP contribution in [0.1, 0.15) is 55.8 Å². The fourth-order valence-electron chi connectivity index (χ4n) is 2.98. The minimum absolute atomic E-state index is 0.125. The van der Waals surface area contributed by atoms with Crippen LogP contribution in [0.3, 0.4) is 0 Å². The van der Waals surface area contributed by atoms with Crippen LogP contribution in [0.25, 0.3) is 11.0 Å². The number of carbonyl (C=O) groups is 1. The molecule has 5 heteroatoms. The molecular formula is C16H20N2O3. The van der Waals surface area contributed by atoms with Crippen LogP contribution in [0.4, 0.5) is 0 Å². The number of imidazole rings is 1. The second kappa shape index (κ2) is 4.56. The number of para-hydroxylation sites is 1. The minimum Gasteiger partial charge on any atom is -0.478 e. The van der Waals surface area contributed by atoms with Gasteiger partial charge in [-0.25, -0.2) is 9.78 Å². The smallest absolute Gasteiger partial charge is 0.337 e. The Morgan fingerprint density at radius 2 is 2.00 bits per heavy atom. The summed E-state index contributed by atoms with van der Waals surface area (Å²) in [5.41, 5.74) is 1.47. The van der Waals surface area contributed by atoms with Gasteiger partial charge in [0.15, 0.2) is 0 Å². The first-order valence-electron chi connectivity index (χ1n) is 7.22. The molecule has 0 saturated heterocycles. The van der Waals surface area contributed by atoms with Gasteiger partial charge >= 0.3 is 5.97 Å². The van der Waals surface area contributed by atoms with Crippen LogP contribution in [0, 0.1) is 0 Å². The highest BCUT2D eigenvalue weighted by molar-refractivity contribution is 6.01. The van der Waals surface area contributed by atoms with Gasteiger partial charge in [0.1, 0.15) is 5.82 Å². The zero-order valence-corrected chi connectivity index (χ0v) is 12.5. The second-order valence-corrected chi connectivity index (χ2v) is 6.81. The molecule has 0 amide bonds. The third-order valence-corrected chi connectivity index (χ3v) is 4.06. The number of aliphatic hydroxyl groups is 1. The molecule has 5 nitrogen and oxygen atoms in total. The maximum Gasteiger partial charge on any atom is 0.337 e. The lowest BCUT2D eigenvalue weighted by Crippen LogP contribution is -2.34. The first-order chi connectivity index (χ1) is 9.79. The zero-order valence-electron chi connectivity index (χ0n) is 12.5. The molecule has 1 heterocycles. The van der Waals surface area contributed by atoms with Crippen LogP contribution in [-0.4, -0.2) is 31.8 Å². The Morgan fingerprint density at radius 3 is 2.52 bits per heavy atom. The van der Waals surface area contributed by atoms with Crippen LogP contribution in [-0.2, 0) is 5.41 Å². The van der Waals surface area contributed by atoms with Gasteiger partial charge in [-0.15, -0.1) is 0 Å². The molecule has 3 rings (SSSR count). The molecule has 1 saturated carbocycles. The normalized spacial score (nSPS) is 22.3. The van der Waals surface area contributed by atoms with Crippen LogP contribution in [0.2, 0.25) is 0 Å². The molecule has 2 aromatic rings. The van der Waals surface area contributed by atoms with Gasteiger partial charge in [0, 0.05) is 11.5 Å². The lowest BCUT2D eigenvalue weighted by atomic mass is 9.87. The summed E-state index contributed by atoms with van der Waals surface area (Å²) in [7, 11) is 0. The summed E-state index contributed by atoms with van der Waals surface area (Å²) < 4.78 is 2.03. The third kappa shape index (κ3) is 2.21. The van der Waals surface area contributed by atoms with Crippen molar-refractivity contribution in [1.29, 1.82) is 0 Å². The highest BCUT2D eigenvalue weighted by atomic mass is 16.4. The first-order valence-corrected chi connectivity index (χ1v) is 7.22. The molecule has 1 fully saturated rings. The number of hydrogen-bond acceptors (Lipinski definition) is 3. The summed E-state index contributed by atoms with van der Waals surface area (Å²) in [4.78, 5) is 16.2. The van der Waals surface area contributed by atoms with Crippen molar-refractivity contribution in [2.45, 2.75) is 51.2 Å². The molecule has 1 aliphatic rings. The van der Waals surface area contributed by atoms with Crippen molar-refractivity contribution < 1.29 is 15.0 Å². The van der Waals surface area contributed by atoms with Gasteiger partial charge in [-0.2, -0.15) is 0 Å². The molecule has 21 heavy (non-hydrogen) atoms. The lowest BCUT2D eigenvalue weighted by molar-refractivity contribution is 0.0478. The Labute approximate surface area is 123 Å². The van der Waals surface area contributed by atoms with Gasteiger partial charge in [0.25, 0.3) is 0 Å². The summed E-state index contributed by atoms with van der Waals surface area (Å²) in [6.45, 7) is 6.21. The van der Waals surface area contributed by atoms with E-state index < -0.39 is 5.97 Å².